The van der Waals surface area contributed by atoms with E-state index in [1.807, 2.05) is 14.0 Å². The van der Waals surface area contributed by atoms with Crippen molar-refractivity contribution in [3.8, 4) is 5.88 Å². The zero-order chi connectivity index (χ0) is 14.0. The van der Waals surface area contributed by atoms with Gasteiger partial charge in [0.2, 0.25) is 5.88 Å². The van der Waals surface area contributed by atoms with Crippen molar-refractivity contribution in [1.82, 2.24) is 9.78 Å². The number of rotatable bonds is 4. The average molecular weight is 259 g/mol. The van der Waals surface area contributed by atoms with Crippen molar-refractivity contribution in [2.75, 3.05) is 12.4 Å². The highest BCUT2D eigenvalue weighted by atomic mass is 16.5. The predicted octanol–water partition coefficient (Wildman–Crippen LogP) is 2.97. The number of hydrogen-bond donors (Lipinski definition) is 1. The zero-order valence-electron chi connectivity index (χ0n) is 12.2. The maximum absolute atomic E-state index is 5.40. The van der Waals surface area contributed by atoms with Gasteiger partial charge in [0.15, 0.2) is 0 Å². The largest absolute Gasteiger partial charge is 0.481 e. The lowest BCUT2D eigenvalue weighted by Gasteiger charge is -2.12. The molecule has 0 atom stereocenters. The van der Waals surface area contributed by atoms with Crippen molar-refractivity contribution < 1.29 is 4.74 Å². The molecule has 4 heteroatoms. The van der Waals surface area contributed by atoms with Crippen LogP contribution in [0.15, 0.2) is 18.2 Å². The Hall–Kier alpha value is -1.97. The van der Waals surface area contributed by atoms with E-state index in [1.165, 1.54) is 11.1 Å². The van der Waals surface area contributed by atoms with Crippen molar-refractivity contribution in [1.29, 1.82) is 0 Å². The highest BCUT2D eigenvalue weighted by molar-refractivity contribution is 5.54. The molecule has 0 aliphatic heterocycles. The van der Waals surface area contributed by atoms with Crippen molar-refractivity contribution >= 4 is 5.69 Å². The highest BCUT2D eigenvalue weighted by Gasteiger charge is 2.13. The highest BCUT2D eigenvalue weighted by Crippen LogP contribution is 2.24. The van der Waals surface area contributed by atoms with Gasteiger partial charge in [0.05, 0.1) is 18.4 Å². The molecule has 0 unspecified atom stereocenters. The summed E-state index contributed by atoms with van der Waals surface area (Å²) in [7, 11) is 3.57. The van der Waals surface area contributed by atoms with Crippen LogP contribution in [0.2, 0.25) is 0 Å². The quantitative estimate of drug-likeness (QED) is 0.917. The second-order valence-corrected chi connectivity index (χ2v) is 4.80. The third-order valence-corrected chi connectivity index (χ3v) is 3.54. The summed E-state index contributed by atoms with van der Waals surface area (Å²) < 4.78 is 7.17. The fourth-order valence-electron chi connectivity index (χ4n) is 2.27. The lowest BCUT2D eigenvalue weighted by Crippen LogP contribution is -2.04. The number of ether oxygens (including phenoxy) is 1. The van der Waals surface area contributed by atoms with Gasteiger partial charge in [-0.2, -0.15) is 5.10 Å². The Balaban J connectivity index is 2.21. The molecule has 2 rings (SSSR count). The van der Waals surface area contributed by atoms with E-state index >= 15 is 0 Å². The summed E-state index contributed by atoms with van der Waals surface area (Å²) >= 11 is 0. The molecule has 1 aromatic carbocycles. The molecule has 0 aliphatic carbocycles. The lowest BCUT2D eigenvalue weighted by atomic mass is 10.1. The van der Waals surface area contributed by atoms with Crippen LogP contribution in [-0.2, 0) is 13.6 Å². The monoisotopic (exact) mass is 259 g/mol. The predicted molar refractivity (Wildman–Crippen MR) is 77.7 cm³/mol. The van der Waals surface area contributed by atoms with Crippen LogP contribution < -0.4 is 10.1 Å². The zero-order valence-corrected chi connectivity index (χ0v) is 12.2. The van der Waals surface area contributed by atoms with Crippen molar-refractivity contribution in [3.05, 3.63) is 40.6 Å². The van der Waals surface area contributed by atoms with Gasteiger partial charge < -0.3 is 10.1 Å². The third-order valence-electron chi connectivity index (χ3n) is 3.54. The third kappa shape index (κ3) is 2.57. The van der Waals surface area contributed by atoms with Crippen LogP contribution in [0.5, 0.6) is 5.88 Å². The summed E-state index contributed by atoms with van der Waals surface area (Å²) in [5.41, 5.74) is 5.83. The molecule has 2 aromatic rings. The van der Waals surface area contributed by atoms with Gasteiger partial charge in [0.25, 0.3) is 0 Å². The first kappa shape index (κ1) is 13.5. The van der Waals surface area contributed by atoms with Gasteiger partial charge in [-0.05, 0) is 38.0 Å². The summed E-state index contributed by atoms with van der Waals surface area (Å²) in [5.74, 6) is 0.815. The number of aromatic nitrogens is 2. The molecule has 0 amide bonds. The SMILES string of the molecule is COc1c(CNc2cccc(C)c2C)c(C)nn1C. The van der Waals surface area contributed by atoms with E-state index in [0.717, 1.165) is 22.8 Å². The molecule has 0 spiro atoms. The summed E-state index contributed by atoms with van der Waals surface area (Å²) in [6.45, 7) is 6.97. The molecule has 19 heavy (non-hydrogen) atoms. The molecule has 0 bridgehead atoms. The molecule has 0 fully saturated rings. The molecule has 1 N–H and O–H groups in total. The molecule has 1 aromatic heterocycles. The van der Waals surface area contributed by atoms with Gasteiger partial charge in [-0.3, -0.25) is 0 Å². The van der Waals surface area contributed by atoms with Gasteiger partial charge in [0, 0.05) is 19.3 Å². The molecule has 4 nitrogen and oxygen atoms in total. The maximum atomic E-state index is 5.40. The number of aryl methyl sites for hydroxylation is 3. The van der Waals surface area contributed by atoms with Gasteiger partial charge >= 0.3 is 0 Å². The van der Waals surface area contributed by atoms with Crippen molar-refractivity contribution in [2.24, 2.45) is 7.05 Å². The minimum absolute atomic E-state index is 0.715. The first-order valence-electron chi connectivity index (χ1n) is 6.41. The molecule has 0 radical (unpaired) electrons. The Kier molecular flexibility index (Phi) is 3.79. The standard InChI is InChI=1S/C15H21N3O/c1-10-7-6-8-14(11(10)2)16-9-13-12(3)17-18(4)15(13)19-5/h6-8,16H,9H2,1-5H3. The van der Waals surface area contributed by atoms with Gasteiger partial charge in [-0.15, -0.1) is 0 Å². The first-order valence-corrected chi connectivity index (χ1v) is 6.41. The molecule has 0 saturated heterocycles. The van der Waals surface area contributed by atoms with Crippen LogP contribution in [0.1, 0.15) is 22.4 Å². The van der Waals surface area contributed by atoms with Crippen LogP contribution in [0.4, 0.5) is 5.69 Å². The van der Waals surface area contributed by atoms with Crippen LogP contribution in [-0.4, -0.2) is 16.9 Å². The van der Waals surface area contributed by atoms with E-state index in [1.54, 1.807) is 11.8 Å². The summed E-state index contributed by atoms with van der Waals surface area (Å²) in [6.07, 6.45) is 0. The van der Waals surface area contributed by atoms with Gasteiger partial charge in [-0.1, -0.05) is 12.1 Å². The molecular formula is C15H21N3O. The van der Waals surface area contributed by atoms with E-state index < -0.39 is 0 Å². The number of nitrogens with zero attached hydrogens (tertiary/aromatic N) is 2. The van der Waals surface area contributed by atoms with E-state index in [4.69, 9.17) is 4.74 Å². The number of hydrogen-bond acceptors (Lipinski definition) is 3. The van der Waals surface area contributed by atoms with Crippen molar-refractivity contribution in [3.63, 3.8) is 0 Å². The average Bonchev–Trinajstić information content (AvgIpc) is 2.65. The second-order valence-electron chi connectivity index (χ2n) is 4.80. The minimum atomic E-state index is 0.715. The smallest absolute Gasteiger partial charge is 0.216 e. The summed E-state index contributed by atoms with van der Waals surface area (Å²) in [6, 6.07) is 6.29. The topological polar surface area (TPSA) is 39.1 Å². The maximum Gasteiger partial charge on any atom is 0.216 e. The van der Waals surface area contributed by atoms with Crippen LogP contribution in [0.25, 0.3) is 0 Å². The summed E-state index contributed by atoms with van der Waals surface area (Å²) in [4.78, 5) is 0. The molecule has 0 aliphatic rings. The summed E-state index contributed by atoms with van der Waals surface area (Å²) in [5, 5.41) is 7.85. The Bertz CT molecular complexity index is 587. The lowest BCUT2D eigenvalue weighted by molar-refractivity contribution is 0.370. The molecule has 1 heterocycles. The molecule has 102 valence electrons. The Morgan fingerprint density at radius 1 is 1.26 bits per heavy atom. The molecular weight excluding hydrogens is 238 g/mol. The van der Waals surface area contributed by atoms with Crippen LogP contribution >= 0.6 is 0 Å². The van der Waals surface area contributed by atoms with E-state index in [9.17, 15) is 0 Å². The molecule has 0 saturated carbocycles. The Morgan fingerprint density at radius 3 is 2.68 bits per heavy atom. The van der Waals surface area contributed by atoms with E-state index in [0.29, 0.717) is 6.54 Å². The van der Waals surface area contributed by atoms with Crippen molar-refractivity contribution in [2.45, 2.75) is 27.3 Å². The number of anilines is 1. The number of benzene rings is 1. The van der Waals surface area contributed by atoms with Gasteiger partial charge in [-0.25, -0.2) is 4.68 Å². The van der Waals surface area contributed by atoms with Crippen LogP contribution in [0.3, 0.4) is 0 Å². The first-order chi connectivity index (χ1) is 9.04. The number of nitrogens with one attached hydrogen (secondary N) is 1. The van der Waals surface area contributed by atoms with Gasteiger partial charge in [0.1, 0.15) is 0 Å². The fraction of sp³-hybridized carbons (Fsp3) is 0.400. The van der Waals surface area contributed by atoms with Crippen LogP contribution in [0, 0.1) is 20.8 Å². The normalized spacial score (nSPS) is 10.6. The fourth-order valence-corrected chi connectivity index (χ4v) is 2.27. The second kappa shape index (κ2) is 5.34. The van der Waals surface area contributed by atoms with E-state index in [2.05, 4.69) is 42.5 Å². The van der Waals surface area contributed by atoms with E-state index in [-0.39, 0.29) is 0 Å². The Morgan fingerprint density at radius 2 is 2.00 bits per heavy atom. The number of methoxy groups -OCH3 is 1. The Labute approximate surface area is 114 Å². The minimum Gasteiger partial charge on any atom is -0.481 e.